The molecule has 0 saturated heterocycles. The lowest BCUT2D eigenvalue weighted by molar-refractivity contribution is 0.148. The molecule has 1 aliphatic rings. The molecule has 0 radical (unpaired) electrons. The van der Waals surface area contributed by atoms with E-state index in [1.54, 1.807) is 0 Å². The third-order valence-corrected chi connectivity index (χ3v) is 5.63. The number of hydrogen-bond donors (Lipinski definition) is 0. The monoisotopic (exact) mass is 372 g/mol. The molecule has 0 bridgehead atoms. The second-order valence-corrected chi connectivity index (χ2v) is 7.67. The molecule has 2 aromatic rings. The molecule has 0 unspecified atom stereocenters. The Kier molecular flexibility index (Phi) is 7.87. The van der Waals surface area contributed by atoms with Crippen LogP contribution in [0.25, 0.3) is 17.2 Å². The highest BCUT2D eigenvalue weighted by atomic mass is 16.5. The van der Waals surface area contributed by atoms with E-state index in [2.05, 4.69) is 73.3 Å². The average molecular weight is 373 g/mol. The Morgan fingerprint density at radius 3 is 2.11 bits per heavy atom. The molecule has 0 heterocycles. The fourth-order valence-electron chi connectivity index (χ4n) is 3.74. The van der Waals surface area contributed by atoms with Crippen LogP contribution in [-0.2, 0) is 11.3 Å². The van der Waals surface area contributed by atoms with Crippen molar-refractivity contribution in [3.05, 3.63) is 90.5 Å². The quantitative estimate of drug-likeness (QED) is 0.345. The third-order valence-electron chi connectivity index (χ3n) is 5.63. The van der Waals surface area contributed by atoms with Crippen molar-refractivity contribution in [1.29, 1.82) is 0 Å². The van der Waals surface area contributed by atoms with Gasteiger partial charge in [0.15, 0.2) is 0 Å². The second kappa shape index (κ2) is 10.8. The van der Waals surface area contributed by atoms with Gasteiger partial charge < -0.3 is 4.74 Å². The van der Waals surface area contributed by atoms with Crippen LogP contribution in [0.5, 0.6) is 0 Å². The van der Waals surface area contributed by atoms with Gasteiger partial charge in [0.2, 0.25) is 0 Å². The van der Waals surface area contributed by atoms with Gasteiger partial charge in [0.05, 0.1) is 13.2 Å². The number of allylic oxidation sites excluding steroid dienone is 3. The minimum Gasteiger partial charge on any atom is -0.373 e. The van der Waals surface area contributed by atoms with Crippen molar-refractivity contribution in [2.24, 2.45) is 11.8 Å². The Morgan fingerprint density at radius 2 is 1.50 bits per heavy atom. The highest BCUT2D eigenvalue weighted by Gasteiger charge is 2.16. The number of ether oxygens (including phenoxy) is 1. The van der Waals surface area contributed by atoms with Gasteiger partial charge in [0.1, 0.15) is 0 Å². The molecule has 0 spiro atoms. The predicted molar refractivity (Wildman–Crippen MR) is 121 cm³/mol. The van der Waals surface area contributed by atoms with Crippen molar-refractivity contribution < 1.29 is 4.74 Å². The fraction of sp³-hybridized carbons (Fsp3) is 0.333. The minimum absolute atomic E-state index is 0.656. The van der Waals surface area contributed by atoms with Crippen LogP contribution in [0.3, 0.4) is 0 Å². The van der Waals surface area contributed by atoms with E-state index in [-0.39, 0.29) is 0 Å². The molecule has 146 valence electrons. The van der Waals surface area contributed by atoms with E-state index in [4.69, 9.17) is 4.74 Å². The summed E-state index contributed by atoms with van der Waals surface area (Å²) in [5.41, 5.74) is 4.99. The van der Waals surface area contributed by atoms with Gasteiger partial charge in [0, 0.05) is 0 Å². The molecule has 1 aliphatic carbocycles. The van der Waals surface area contributed by atoms with Gasteiger partial charge in [-0.2, -0.15) is 0 Å². The summed E-state index contributed by atoms with van der Waals surface area (Å²) in [6.45, 7) is 7.27. The van der Waals surface area contributed by atoms with Gasteiger partial charge in [-0.15, -0.1) is 6.58 Å². The van der Waals surface area contributed by atoms with Crippen molar-refractivity contribution in [1.82, 2.24) is 0 Å². The van der Waals surface area contributed by atoms with E-state index < -0.39 is 0 Å². The summed E-state index contributed by atoms with van der Waals surface area (Å²) in [6.07, 6.45) is 16.0. The van der Waals surface area contributed by atoms with Crippen LogP contribution < -0.4 is 0 Å². The van der Waals surface area contributed by atoms with Crippen molar-refractivity contribution in [2.75, 3.05) is 6.61 Å². The van der Waals surface area contributed by atoms with Crippen LogP contribution in [-0.4, -0.2) is 6.61 Å². The topological polar surface area (TPSA) is 9.23 Å². The van der Waals surface area contributed by atoms with Gasteiger partial charge in [0.25, 0.3) is 0 Å². The number of benzene rings is 2. The van der Waals surface area contributed by atoms with Crippen molar-refractivity contribution in [3.63, 3.8) is 0 Å². The zero-order chi connectivity index (χ0) is 19.6. The summed E-state index contributed by atoms with van der Waals surface area (Å²) in [7, 11) is 0. The molecule has 1 nitrogen and oxygen atoms in total. The first kappa shape index (κ1) is 20.4. The molecule has 3 rings (SSSR count). The first-order chi connectivity index (χ1) is 13.8. The van der Waals surface area contributed by atoms with Crippen molar-refractivity contribution >= 4 is 6.08 Å². The Labute approximate surface area is 170 Å². The van der Waals surface area contributed by atoms with E-state index in [1.165, 1.54) is 47.9 Å². The maximum absolute atomic E-state index is 5.61. The SMILES string of the molecule is C=CC1CCC(/C=C/c2ccc(-c3ccc(COC/C=C/C)cc3)cc2)CC1. The van der Waals surface area contributed by atoms with Crippen LogP contribution in [0.15, 0.2) is 79.4 Å². The number of hydrogen-bond acceptors (Lipinski definition) is 1. The Bertz CT molecular complexity index is 772. The molecule has 0 aliphatic heterocycles. The Morgan fingerprint density at radius 1 is 0.893 bits per heavy atom. The van der Waals surface area contributed by atoms with Gasteiger partial charge in [-0.1, -0.05) is 78.9 Å². The lowest BCUT2D eigenvalue weighted by Gasteiger charge is -2.24. The van der Waals surface area contributed by atoms with E-state index in [9.17, 15) is 0 Å². The van der Waals surface area contributed by atoms with Gasteiger partial charge in [-0.05, 0) is 66.7 Å². The van der Waals surface area contributed by atoms with Crippen LogP contribution in [0, 0.1) is 11.8 Å². The predicted octanol–water partition coefficient (Wildman–Crippen LogP) is 7.45. The molecular formula is C27H32O. The van der Waals surface area contributed by atoms with Crippen LogP contribution >= 0.6 is 0 Å². The maximum Gasteiger partial charge on any atom is 0.0721 e. The summed E-state index contributed by atoms with van der Waals surface area (Å²) in [6, 6.07) is 17.5. The normalized spacial score (nSPS) is 20.0. The Balaban J connectivity index is 1.53. The molecule has 0 atom stereocenters. The summed E-state index contributed by atoms with van der Waals surface area (Å²) in [4.78, 5) is 0. The van der Waals surface area contributed by atoms with E-state index in [0.29, 0.717) is 13.2 Å². The molecule has 2 aromatic carbocycles. The summed E-state index contributed by atoms with van der Waals surface area (Å²) in [5.74, 6) is 1.45. The lowest BCUT2D eigenvalue weighted by Crippen LogP contribution is -2.10. The highest BCUT2D eigenvalue weighted by Crippen LogP contribution is 2.30. The van der Waals surface area contributed by atoms with Gasteiger partial charge in [-0.3, -0.25) is 0 Å². The van der Waals surface area contributed by atoms with Gasteiger partial charge in [-0.25, -0.2) is 0 Å². The highest BCUT2D eigenvalue weighted by molar-refractivity contribution is 5.66. The van der Waals surface area contributed by atoms with Crippen LogP contribution in [0.1, 0.15) is 43.7 Å². The zero-order valence-corrected chi connectivity index (χ0v) is 17.0. The molecule has 0 N–H and O–H groups in total. The van der Waals surface area contributed by atoms with Crippen molar-refractivity contribution in [2.45, 2.75) is 39.2 Å². The maximum atomic E-state index is 5.61. The van der Waals surface area contributed by atoms with Gasteiger partial charge >= 0.3 is 0 Å². The smallest absolute Gasteiger partial charge is 0.0721 e. The minimum atomic E-state index is 0.656. The Hall–Kier alpha value is -2.38. The van der Waals surface area contributed by atoms with E-state index in [1.807, 2.05) is 19.1 Å². The molecule has 28 heavy (non-hydrogen) atoms. The largest absolute Gasteiger partial charge is 0.373 e. The van der Waals surface area contributed by atoms with Crippen molar-refractivity contribution in [3.8, 4) is 11.1 Å². The van der Waals surface area contributed by atoms with E-state index in [0.717, 1.165) is 11.8 Å². The first-order valence-corrected chi connectivity index (χ1v) is 10.5. The standard InChI is InChI=1S/C27H32O/c1-3-5-20-28-21-25-14-18-27(19-15-25)26-16-12-24(13-17-26)11-10-23-8-6-22(4-2)7-9-23/h3-5,10-19,22-23H,2,6-9,20-21H2,1H3/b5-3+,11-10+. The molecule has 0 aromatic heterocycles. The molecule has 1 saturated carbocycles. The summed E-state index contributed by atoms with van der Waals surface area (Å²) >= 11 is 0. The zero-order valence-electron chi connectivity index (χ0n) is 17.0. The molecule has 1 heteroatoms. The third kappa shape index (κ3) is 6.07. The fourth-order valence-corrected chi connectivity index (χ4v) is 3.74. The first-order valence-electron chi connectivity index (χ1n) is 10.5. The lowest BCUT2D eigenvalue weighted by atomic mass is 9.82. The van der Waals surface area contributed by atoms with Crippen LogP contribution in [0.2, 0.25) is 0 Å². The molecular weight excluding hydrogens is 340 g/mol. The summed E-state index contributed by atoms with van der Waals surface area (Å²) in [5, 5.41) is 0. The van der Waals surface area contributed by atoms with E-state index >= 15 is 0 Å². The average Bonchev–Trinajstić information content (AvgIpc) is 2.76. The molecule has 1 fully saturated rings. The van der Waals surface area contributed by atoms with Crippen LogP contribution in [0.4, 0.5) is 0 Å². The number of rotatable bonds is 8. The molecule has 0 amide bonds. The summed E-state index contributed by atoms with van der Waals surface area (Å²) < 4.78 is 5.61. The second-order valence-electron chi connectivity index (χ2n) is 7.67.